The molecule has 1 aromatic heterocycles. The Balaban J connectivity index is 2.08. The van der Waals surface area contributed by atoms with Crippen LogP contribution in [0.25, 0.3) is 10.8 Å². The second kappa shape index (κ2) is 5.82. The van der Waals surface area contributed by atoms with Gasteiger partial charge in [-0.1, -0.05) is 30.3 Å². The van der Waals surface area contributed by atoms with Crippen LogP contribution in [0.4, 0.5) is 4.39 Å². The van der Waals surface area contributed by atoms with Crippen LogP contribution < -0.4 is 5.56 Å². The van der Waals surface area contributed by atoms with Crippen molar-refractivity contribution in [3.05, 3.63) is 81.5 Å². The molecule has 2 aromatic carbocycles. The molecule has 0 saturated carbocycles. The lowest BCUT2D eigenvalue weighted by Gasteiger charge is -2.08. The smallest absolute Gasteiger partial charge is 0.266 e. The minimum atomic E-state index is -0.426. The number of nitrogens with one attached hydrogen (secondary N) is 1. The molecule has 1 heterocycles. The number of nitrogens with zero attached hydrogens (tertiary/aromatic N) is 1. The molecule has 0 amide bonds. The molecule has 0 saturated heterocycles. The van der Waals surface area contributed by atoms with E-state index in [0.29, 0.717) is 22.9 Å². The first-order valence-corrected chi connectivity index (χ1v) is 6.97. The van der Waals surface area contributed by atoms with E-state index in [1.54, 1.807) is 0 Å². The number of halogens is 1. The summed E-state index contributed by atoms with van der Waals surface area (Å²) >= 11 is 0. The molecule has 1 N–H and O–H groups in total. The van der Waals surface area contributed by atoms with E-state index in [9.17, 15) is 9.18 Å². The second-order valence-corrected chi connectivity index (χ2v) is 5.09. The molecule has 0 aliphatic heterocycles. The van der Waals surface area contributed by atoms with Crippen molar-refractivity contribution in [2.24, 2.45) is 0 Å². The van der Waals surface area contributed by atoms with Crippen molar-refractivity contribution >= 4 is 10.8 Å². The van der Waals surface area contributed by atoms with Crippen molar-refractivity contribution in [1.29, 1.82) is 5.26 Å². The number of fused-ring (bicyclic) bond motifs is 1. The van der Waals surface area contributed by atoms with Gasteiger partial charge in [0, 0.05) is 16.5 Å². The van der Waals surface area contributed by atoms with Gasteiger partial charge in [-0.2, -0.15) is 5.26 Å². The fourth-order valence-corrected chi connectivity index (χ4v) is 2.60. The highest BCUT2D eigenvalue weighted by atomic mass is 19.1. The number of H-pyrrole nitrogens is 1. The summed E-state index contributed by atoms with van der Waals surface area (Å²) in [5.74, 6) is -0.385. The Bertz CT molecular complexity index is 923. The minimum absolute atomic E-state index is 0.0264. The second-order valence-electron chi connectivity index (χ2n) is 5.09. The first-order valence-electron chi connectivity index (χ1n) is 6.97. The van der Waals surface area contributed by atoms with E-state index in [-0.39, 0.29) is 11.4 Å². The molecule has 0 spiro atoms. The van der Waals surface area contributed by atoms with Crippen LogP contribution in [-0.4, -0.2) is 4.98 Å². The van der Waals surface area contributed by atoms with Crippen LogP contribution in [0, 0.1) is 17.1 Å². The summed E-state index contributed by atoms with van der Waals surface area (Å²) in [6, 6.07) is 15.9. The number of rotatable bonds is 3. The lowest BCUT2D eigenvalue weighted by Crippen LogP contribution is -2.14. The van der Waals surface area contributed by atoms with Crippen LogP contribution in [0.15, 0.2) is 53.3 Å². The molecule has 108 valence electrons. The Morgan fingerprint density at radius 1 is 1.05 bits per heavy atom. The van der Waals surface area contributed by atoms with E-state index in [1.165, 1.54) is 18.2 Å². The van der Waals surface area contributed by atoms with Crippen LogP contribution in [0.2, 0.25) is 0 Å². The molecule has 0 atom stereocenters. The Morgan fingerprint density at radius 2 is 1.82 bits per heavy atom. The number of aromatic amines is 1. The Hall–Kier alpha value is -2.93. The van der Waals surface area contributed by atoms with E-state index in [2.05, 4.69) is 4.98 Å². The van der Waals surface area contributed by atoms with Gasteiger partial charge in [0.2, 0.25) is 0 Å². The van der Waals surface area contributed by atoms with Gasteiger partial charge < -0.3 is 4.98 Å². The number of hydrogen-bond acceptors (Lipinski definition) is 2. The van der Waals surface area contributed by atoms with Crippen LogP contribution in [0.5, 0.6) is 0 Å². The van der Waals surface area contributed by atoms with Gasteiger partial charge in [0.1, 0.15) is 17.4 Å². The third kappa shape index (κ3) is 2.61. The van der Waals surface area contributed by atoms with Gasteiger partial charge in [-0.15, -0.1) is 0 Å². The predicted octanol–water partition coefficient (Wildman–Crippen LogP) is 3.32. The Labute approximate surface area is 126 Å². The highest BCUT2D eigenvalue weighted by molar-refractivity contribution is 5.89. The monoisotopic (exact) mass is 292 g/mol. The predicted molar refractivity (Wildman–Crippen MR) is 83.1 cm³/mol. The highest BCUT2D eigenvalue weighted by Crippen LogP contribution is 2.21. The zero-order valence-electron chi connectivity index (χ0n) is 11.8. The summed E-state index contributed by atoms with van der Waals surface area (Å²) in [6.07, 6.45) is 1.30. The largest absolute Gasteiger partial charge is 0.324 e. The number of aryl methyl sites for hydroxylation is 2. The van der Waals surface area contributed by atoms with Crippen molar-refractivity contribution in [2.45, 2.75) is 12.8 Å². The van der Waals surface area contributed by atoms with Gasteiger partial charge in [-0.3, -0.25) is 4.79 Å². The fourth-order valence-electron chi connectivity index (χ4n) is 2.60. The number of hydrogen-bond donors (Lipinski definition) is 1. The van der Waals surface area contributed by atoms with Crippen molar-refractivity contribution in [2.75, 3.05) is 0 Å². The molecule has 0 bridgehead atoms. The normalized spacial score (nSPS) is 10.5. The highest BCUT2D eigenvalue weighted by Gasteiger charge is 2.11. The summed E-state index contributed by atoms with van der Waals surface area (Å²) in [5.41, 5.74) is 1.39. The Kier molecular flexibility index (Phi) is 3.71. The molecular formula is C18H13FN2O. The van der Waals surface area contributed by atoms with Crippen LogP contribution >= 0.6 is 0 Å². The summed E-state index contributed by atoms with van der Waals surface area (Å²) in [4.78, 5) is 14.7. The van der Waals surface area contributed by atoms with E-state index in [0.717, 1.165) is 12.0 Å². The molecule has 0 aliphatic rings. The molecule has 0 aliphatic carbocycles. The third-order valence-electron chi connectivity index (χ3n) is 3.69. The van der Waals surface area contributed by atoms with Gasteiger partial charge in [-0.25, -0.2) is 4.39 Å². The van der Waals surface area contributed by atoms with Gasteiger partial charge in [0.15, 0.2) is 0 Å². The van der Waals surface area contributed by atoms with E-state index < -0.39 is 5.56 Å². The Morgan fingerprint density at radius 3 is 2.55 bits per heavy atom. The minimum Gasteiger partial charge on any atom is -0.324 e. The summed E-state index contributed by atoms with van der Waals surface area (Å²) in [6.45, 7) is 0. The van der Waals surface area contributed by atoms with Crippen LogP contribution in [-0.2, 0) is 12.8 Å². The molecule has 0 unspecified atom stereocenters. The van der Waals surface area contributed by atoms with Crippen molar-refractivity contribution in [3.8, 4) is 6.07 Å². The summed E-state index contributed by atoms with van der Waals surface area (Å²) in [7, 11) is 0. The van der Waals surface area contributed by atoms with E-state index in [1.807, 2.05) is 36.4 Å². The van der Waals surface area contributed by atoms with Crippen molar-refractivity contribution in [3.63, 3.8) is 0 Å². The molecule has 22 heavy (non-hydrogen) atoms. The van der Waals surface area contributed by atoms with Gasteiger partial charge in [-0.05, 0) is 36.6 Å². The standard InChI is InChI=1S/C18H13FN2O/c19-13-7-8-14-15(10-13)17(21-18(22)16(14)11-20)9-6-12-4-2-1-3-5-12/h1-5,7-8,10H,6,9H2,(H,21,22). The number of nitriles is 1. The average molecular weight is 292 g/mol. The zero-order chi connectivity index (χ0) is 15.5. The molecular weight excluding hydrogens is 279 g/mol. The maximum atomic E-state index is 13.5. The molecule has 3 nitrogen and oxygen atoms in total. The van der Waals surface area contributed by atoms with Crippen LogP contribution in [0.3, 0.4) is 0 Å². The number of pyridine rings is 1. The quantitative estimate of drug-likeness (QED) is 0.805. The number of benzene rings is 2. The zero-order valence-corrected chi connectivity index (χ0v) is 11.8. The molecule has 3 rings (SSSR count). The molecule has 3 aromatic rings. The van der Waals surface area contributed by atoms with Crippen LogP contribution in [0.1, 0.15) is 16.8 Å². The summed E-state index contributed by atoms with van der Waals surface area (Å²) < 4.78 is 13.5. The van der Waals surface area contributed by atoms with Crippen molar-refractivity contribution < 1.29 is 4.39 Å². The van der Waals surface area contributed by atoms with Gasteiger partial charge >= 0.3 is 0 Å². The van der Waals surface area contributed by atoms with E-state index >= 15 is 0 Å². The maximum absolute atomic E-state index is 13.5. The maximum Gasteiger partial charge on any atom is 0.266 e. The molecule has 0 fully saturated rings. The average Bonchev–Trinajstić information content (AvgIpc) is 2.54. The SMILES string of the molecule is N#Cc1c(=O)[nH]c(CCc2ccccc2)c2cc(F)ccc12. The third-order valence-corrected chi connectivity index (χ3v) is 3.69. The van der Waals surface area contributed by atoms with Crippen molar-refractivity contribution in [1.82, 2.24) is 4.98 Å². The fraction of sp³-hybridized carbons (Fsp3) is 0.111. The summed E-state index contributed by atoms with van der Waals surface area (Å²) in [5, 5.41) is 10.2. The topological polar surface area (TPSA) is 56.6 Å². The first-order chi connectivity index (χ1) is 10.7. The van der Waals surface area contributed by atoms with E-state index in [4.69, 9.17) is 5.26 Å². The molecule has 0 radical (unpaired) electrons. The van der Waals surface area contributed by atoms with Gasteiger partial charge in [0.05, 0.1) is 0 Å². The lowest BCUT2D eigenvalue weighted by molar-refractivity contribution is 0.629. The lowest BCUT2D eigenvalue weighted by atomic mass is 10.0. The van der Waals surface area contributed by atoms with Gasteiger partial charge in [0.25, 0.3) is 5.56 Å². The molecule has 4 heteroatoms. The first kappa shape index (κ1) is 14.0. The number of aromatic nitrogens is 1.